The minimum Gasteiger partial charge on any atom is -0.303 e. The Balaban J connectivity index is 1.88. The van der Waals surface area contributed by atoms with Gasteiger partial charge in [0, 0.05) is 16.3 Å². The van der Waals surface area contributed by atoms with Gasteiger partial charge in [0.2, 0.25) is 0 Å². The molecule has 3 rings (SSSR count). The molecule has 120 valence electrons. The number of aldehydes is 1. The zero-order chi connectivity index (χ0) is 16.9. The summed E-state index contributed by atoms with van der Waals surface area (Å²) in [6.45, 7) is 2.02. The lowest BCUT2D eigenvalue weighted by molar-refractivity contribution is -0.109. The van der Waals surface area contributed by atoms with Gasteiger partial charge in [0.25, 0.3) is 0 Å². The fraction of sp³-hybridized carbons (Fsp3) is 0.143. The van der Waals surface area contributed by atoms with E-state index in [1.165, 1.54) is 0 Å². The van der Waals surface area contributed by atoms with Crippen LogP contribution in [0.5, 0.6) is 0 Å². The van der Waals surface area contributed by atoms with E-state index < -0.39 is 0 Å². The van der Waals surface area contributed by atoms with E-state index in [0.29, 0.717) is 5.02 Å². The third-order valence-electron chi connectivity index (χ3n) is 4.07. The number of carbonyl (C=O) groups is 1. The van der Waals surface area contributed by atoms with Crippen LogP contribution in [0.1, 0.15) is 36.1 Å². The van der Waals surface area contributed by atoms with Gasteiger partial charge in [0.05, 0.1) is 11.2 Å². The van der Waals surface area contributed by atoms with Crippen molar-refractivity contribution in [1.82, 2.24) is 4.98 Å². The first-order chi connectivity index (χ1) is 11.7. The Morgan fingerprint density at radius 3 is 2.71 bits per heavy atom. The Kier molecular flexibility index (Phi) is 5.07. The van der Waals surface area contributed by atoms with Crippen molar-refractivity contribution in [3.05, 3.63) is 76.4 Å². The molecule has 0 saturated carbocycles. The number of fused-ring (bicyclic) bond motifs is 1. The second-order valence-corrected chi connectivity index (χ2v) is 6.16. The predicted molar refractivity (Wildman–Crippen MR) is 101 cm³/mol. The average molecular weight is 336 g/mol. The minimum atomic E-state index is -0.0423. The number of aromatic nitrogens is 1. The third kappa shape index (κ3) is 3.72. The molecular formula is C21H18ClNO. The number of nitrogens with zero attached hydrogens (tertiary/aromatic N) is 1. The summed E-state index contributed by atoms with van der Waals surface area (Å²) in [4.78, 5) is 15.8. The number of rotatable bonds is 5. The van der Waals surface area contributed by atoms with Gasteiger partial charge >= 0.3 is 0 Å². The Hall–Kier alpha value is -2.45. The smallest absolute Gasteiger partial charge is 0.127 e. The molecule has 3 heteroatoms. The summed E-state index contributed by atoms with van der Waals surface area (Å²) in [7, 11) is 0. The lowest BCUT2D eigenvalue weighted by Gasteiger charge is -2.08. The number of pyridine rings is 1. The molecule has 0 bridgehead atoms. The molecule has 2 aromatic carbocycles. The summed E-state index contributed by atoms with van der Waals surface area (Å²) in [6, 6.07) is 17.8. The highest BCUT2D eigenvalue weighted by Gasteiger charge is 2.07. The molecule has 1 aromatic heterocycles. The van der Waals surface area contributed by atoms with Crippen LogP contribution < -0.4 is 0 Å². The van der Waals surface area contributed by atoms with Crippen LogP contribution in [0.25, 0.3) is 23.1 Å². The van der Waals surface area contributed by atoms with E-state index in [1.807, 2.05) is 67.6 Å². The number of halogens is 1. The molecule has 1 atom stereocenters. The van der Waals surface area contributed by atoms with Crippen molar-refractivity contribution in [2.45, 2.75) is 19.3 Å². The van der Waals surface area contributed by atoms with E-state index in [2.05, 4.69) is 11.1 Å². The zero-order valence-electron chi connectivity index (χ0n) is 13.4. The lowest BCUT2D eigenvalue weighted by atomic mass is 9.96. The first-order valence-corrected chi connectivity index (χ1v) is 8.37. The molecule has 0 saturated heterocycles. The Bertz CT molecular complexity index is 901. The Morgan fingerprint density at radius 1 is 1.08 bits per heavy atom. The first-order valence-electron chi connectivity index (χ1n) is 7.99. The molecule has 24 heavy (non-hydrogen) atoms. The molecule has 0 N–H and O–H groups in total. The van der Waals surface area contributed by atoms with Crippen molar-refractivity contribution in [3.8, 4) is 0 Å². The van der Waals surface area contributed by atoms with Crippen molar-refractivity contribution in [3.63, 3.8) is 0 Å². The van der Waals surface area contributed by atoms with Crippen LogP contribution in [0.2, 0.25) is 5.02 Å². The molecule has 0 fully saturated rings. The quantitative estimate of drug-likeness (QED) is 0.555. The maximum Gasteiger partial charge on any atom is 0.127 e. The lowest BCUT2D eigenvalue weighted by Crippen LogP contribution is -1.98. The molecule has 1 unspecified atom stereocenters. The van der Waals surface area contributed by atoms with Crippen molar-refractivity contribution >= 4 is 40.9 Å². The molecule has 0 aliphatic carbocycles. The van der Waals surface area contributed by atoms with Crippen LogP contribution in [-0.4, -0.2) is 11.3 Å². The van der Waals surface area contributed by atoms with Gasteiger partial charge in [0.15, 0.2) is 0 Å². The van der Waals surface area contributed by atoms with E-state index in [-0.39, 0.29) is 5.92 Å². The summed E-state index contributed by atoms with van der Waals surface area (Å²) in [5.74, 6) is -0.0423. The Labute approximate surface area is 146 Å². The molecule has 3 aromatic rings. The summed E-state index contributed by atoms with van der Waals surface area (Å²) in [5.41, 5.74) is 3.86. The van der Waals surface area contributed by atoms with Crippen LogP contribution in [0.4, 0.5) is 0 Å². The maximum atomic E-state index is 11.1. The second kappa shape index (κ2) is 7.41. The molecule has 0 amide bonds. The van der Waals surface area contributed by atoms with Gasteiger partial charge in [-0.1, -0.05) is 61.0 Å². The van der Waals surface area contributed by atoms with Crippen LogP contribution >= 0.6 is 11.6 Å². The van der Waals surface area contributed by atoms with Gasteiger partial charge in [-0.2, -0.15) is 0 Å². The molecule has 1 heterocycles. The van der Waals surface area contributed by atoms with Crippen LogP contribution in [0.15, 0.2) is 54.6 Å². The highest BCUT2D eigenvalue weighted by molar-refractivity contribution is 6.31. The number of hydrogen-bond donors (Lipinski definition) is 0. The normalized spacial score (nSPS) is 12.6. The average Bonchev–Trinajstić information content (AvgIpc) is 2.61. The van der Waals surface area contributed by atoms with E-state index in [0.717, 1.165) is 40.4 Å². The topological polar surface area (TPSA) is 30.0 Å². The van der Waals surface area contributed by atoms with Crippen LogP contribution in [0, 0.1) is 0 Å². The highest BCUT2D eigenvalue weighted by Crippen LogP contribution is 2.21. The molecule has 0 aliphatic rings. The third-order valence-corrected chi connectivity index (χ3v) is 4.30. The van der Waals surface area contributed by atoms with Gasteiger partial charge in [-0.05, 0) is 41.8 Å². The summed E-state index contributed by atoms with van der Waals surface area (Å²) in [5, 5.41) is 1.75. The van der Waals surface area contributed by atoms with Crippen molar-refractivity contribution in [1.29, 1.82) is 0 Å². The predicted octanol–water partition coefficient (Wildman–Crippen LogP) is 5.75. The maximum absolute atomic E-state index is 11.1. The van der Waals surface area contributed by atoms with Gasteiger partial charge in [-0.15, -0.1) is 0 Å². The molecule has 0 spiro atoms. The molecular weight excluding hydrogens is 318 g/mol. The van der Waals surface area contributed by atoms with E-state index in [4.69, 9.17) is 11.6 Å². The molecule has 0 radical (unpaired) electrons. The SMILES string of the molecule is CCC(C=O)c1cccc(C=Cc2ccc3ccc(Cl)cc3n2)c1. The number of benzene rings is 2. The highest BCUT2D eigenvalue weighted by atomic mass is 35.5. The van der Waals surface area contributed by atoms with E-state index >= 15 is 0 Å². The minimum absolute atomic E-state index is 0.0423. The standard InChI is InChI=1S/C21H18ClNO/c1-2-16(14-24)18-5-3-4-15(12-18)6-10-20-11-8-17-7-9-19(22)13-21(17)23-20/h3-14,16H,2H2,1H3. The van der Waals surface area contributed by atoms with Gasteiger partial charge in [-0.3, -0.25) is 0 Å². The fourth-order valence-electron chi connectivity index (χ4n) is 2.68. The second-order valence-electron chi connectivity index (χ2n) is 5.73. The number of hydrogen-bond acceptors (Lipinski definition) is 2. The number of carbonyl (C=O) groups excluding carboxylic acids is 1. The van der Waals surface area contributed by atoms with Crippen LogP contribution in [0.3, 0.4) is 0 Å². The van der Waals surface area contributed by atoms with E-state index in [9.17, 15) is 4.79 Å². The van der Waals surface area contributed by atoms with Crippen LogP contribution in [-0.2, 0) is 4.79 Å². The van der Waals surface area contributed by atoms with E-state index in [1.54, 1.807) is 0 Å². The largest absolute Gasteiger partial charge is 0.303 e. The van der Waals surface area contributed by atoms with Gasteiger partial charge in [0.1, 0.15) is 6.29 Å². The van der Waals surface area contributed by atoms with Crippen molar-refractivity contribution in [2.24, 2.45) is 0 Å². The monoisotopic (exact) mass is 335 g/mol. The van der Waals surface area contributed by atoms with Gasteiger partial charge in [-0.25, -0.2) is 4.98 Å². The first kappa shape index (κ1) is 16.4. The summed E-state index contributed by atoms with van der Waals surface area (Å²) in [6.07, 6.45) is 5.81. The fourth-order valence-corrected chi connectivity index (χ4v) is 2.85. The molecule has 2 nitrogen and oxygen atoms in total. The summed E-state index contributed by atoms with van der Waals surface area (Å²) >= 11 is 6.03. The zero-order valence-corrected chi connectivity index (χ0v) is 14.2. The Morgan fingerprint density at radius 2 is 1.92 bits per heavy atom. The summed E-state index contributed by atoms with van der Waals surface area (Å²) < 4.78 is 0. The van der Waals surface area contributed by atoms with Gasteiger partial charge < -0.3 is 4.79 Å². The van der Waals surface area contributed by atoms with Crippen molar-refractivity contribution in [2.75, 3.05) is 0 Å². The molecule has 0 aliphatic heterocycles. The van der Waals surface area contributed by atoms with Crippen molar-refractivity contribution < 1.29 is 4.79 Å².